The van der Waals surface area contributed by atoms with Crippen molar-refractivity contribution in [1.29, 1.82) is 0 Å². The Labute approximate surface area is 346 Å². The number of fused-ring (bicyclic) bond motifs is 1. The number of phenolic OH excluding ortho intramolecular Hbond substituents is 1. The van der Waals surface area contributed by atoms with E-state index in [1.54, 1.807) is 0 Å². The number of para-hydroxylation sites is 1. The van der Waals surface area contributed by atoms with Gasteiger partial charge in [0.2, 0.25) is 0 Å². The van der Waals surface area contributed by atoms with Gasteiger partial charge >= 0.3 is 0 Å². The minimum atomic E-state index is -0.804. The van der Waals surface area contributed by atoms with Crippen LogP contribution in [0, 0.1) is 19.9 Å². The average molecular weight is 913 g/mol. The molecular weight excluding hydrogens is 866 g/mol. The number of pyridine rings is 1. The molecule has 2 heterocycles. The monoisotopic (exact) mass is 912 g/mol. The minimum absolute atomic E-state index is 0. The molecule has 0 saturated heterocycles. The molecule has 6 aromatic carbocycles. The third-order valence-corrected chi connectivity index (χ3v) is 10.4. The molecule has 5 heteroatoms. The quantitative estimate of drug-likeness (QED) is 0.162. The Morgan fingerprint density at radius 2 is 1.39 bits per heavy atom. The zero-order valence-corrected chi connectivity index (χ0v) is 35.2. The molecule has 0 radical (unpaired) electrons. The summed E-state index contributed by atoms with van der Waals surface area (Å²) in [7, 11) is 0. The van der Waals surface area contributed by atoms with Gasteiger partial charge in [0.15, 0.2) is 0 Å². The van der Waals surface area contributed by atoms with E-state index in [9.17, 15) is 5.11 Å². The van der Waals surface area contributed by atoms with Crippen molar-refractivity contribution in [2.75, 3.05) is 0 Å². The molecule has 0 spiro atoms. The van der Waals surface area contributed by atoms with Crippen LogP contribution in [0.25, 0.3) is 72.7 Å². The Morgan fingerprint density at radius 3 is 2.09 bits per heavy atom. The second kappa shape index (κ2) is 15.5. The predicted octanol–water partition coefficient (Wildman–Crippen LogP) is 13.3. The molecule has 0 aliphatic rings. The fraction of sp³-hybridized carbons (Fsp3) is 0.176. The van der Waals surface area contributed by atoms with Crippen LogP contribution in [0.3, 0.4) is 0 Å². The topological polar surface area (TPSA) is 50.9 Å². The molecule has 282 valence electrons. The van der Waals surface area contributed by atoms with Gasteiger partial charge in [-0.25, -0.2) is 4.98 Å². The number of aromatic hydroxyl groups is 1. The van der Waals surface area contributed by atoms with Gasteiger partial charge in [0.25, 0.3) is 0 Å². The summed E-state index contributed by atoms with van der Waals surface area (Å²) in [5.74, 6) is 0.0327. The van der Waals surface area contributed by atoms with Gasteiger partial charge in [0.1, 0.15) is 11.6 Å². The molecule has 0 amide bonds. The Bertz CT molecular complexity index is 2740. The Balaban J connectivity index is 0.00000496. The van der Waals surface area contributed by atoms with E-state index in [1.807, 2.05) is 82.4 Å². The van der Waals surface area contributed by atoms with Crippen LogP contribution in [0.2, 0.25) is 0 Å². The van der Waals surface area contributed by atoms with Crippen LogP contribution in [0.15, 0.2) is 140 Å². The maximum Gasteiger partial charge on any atom is 0.148 e. The fourth-order valence-corrected chi connectivity index (χ4v) is 7.44. The van der Waals surface area contributed by atoms with Gasteiger partial charge in [-0.3, -0.25) is 9.55 Å². The van der Waals surface area contributed by atoms with Crippen molar-refractivity contribution < 1.29 is 27.5 Å². The van der Waals surface area contributed by atoms with Crippen molar-refractivity contribution >= 4 is 11.0 Å². The van der Waals surface area contributed by atoms with Crippen LogP contribution < -0.4 is 0 Å². The molecule has 0 fully saturated rings. The van der Waals surface area contributed by atoms with Crippen molar-refractivity contribution in [3.8, 4) is 67.5 Å². The summed E-state index contributed by atoms with van der Waals surface area (Å²) in [5, 5.41) is 11.7. The maximum atomic E-state index is 11.7. The Hall–Kier alpha value is -5.57. The molecule has 1 N–H and O–H groups in total. The van der Waals surface area contributed by atoms with Crippen molar-refractivity contribution in [2.24, 2.45) is 0 Å². The summed E-state index contributed by atoms with van der Waals surface area (Å²) in [6.45, 7) is 14.5. The summed E-state index contributed by atoms with van der Waals surface area (Å²) in [6.07, 6.45) is 1.87. The first-order valence-corrected chi connectivity index (χ1v) is 18.9. The smallest absolute Gasteiger partial charge is 0.148 e. The standard InChI is InChI=1S/C51H46N3O.Pt/c1-32(2)37-21-22-46(43(30-37)36-17-12-9-13-18-36)54-47-20-14-19-42(48(47)53-50(54)44-26-33(3)25-34(4)49(44)55)39-27-40(29-41(28-39)51(5,6)7)45-31-38(23-24-52-45)35-15-10-8-11-16-35;/h8-26,28-32,55H,1-7H3;/q-1;/i32D;. The summed E-state index contributed by atoms with van der Waals surface area (Å²) in [4.78, 5) is 10.3. The van der Waals surface area contributed by atoms with E-state index in [-0.39, 0.29) is 32.2 Å². The number of benzene rings is 6. The maximum absolute atomic E-state index is 11.7. The van der Waals surface area contributed by atoms with Crippen molar-refractivity contribution in [1.82, 2.24) is 14.5 Å². The summed E-state index contributed by atoms with van der Waals surface area (Å²) in [6, 6.07) is 49.7. The second-order valence-electron chi connectivity index (χ2n) is 15.8. The Morgan fingerprint density at radius 1 is 0.696 bits per heavy atom. The van der Waals surface area contributed by atoms with E-state index < -0.39 is 5.89 Å². The third kappa shape index (κ3) is 7.39. The number of aryl methyl sites for hydroxylation is 2. The molecule has 2 aromatic heterocycles. The molecule has 8 aromatic rings. The van der Waals surface area contributed by atoms with E-state index in [0.717, 1.165) is 83.6 Å². The van der Waals surface area contributed by atoms with Crippen molar-refractivity contribution in [3.63, 3.8) is 0 Å². The number of imidazole rings is 1. The van der Waals surface area contributed by atoms with Crippen molar-refractivity contribution in [3.05, 3.63) is 168 Å². The molecule has 4 nitrogen and oxygen atoms in total. The molecule has 56 heavy (non-hydrogen) atoms. The van der Waals surface area contributed by atoms with E-state index in [2.05, 4.69) is 116 Å². The third-order valence-electron chi connectivity index (χ3n) is 10.4. The largest absolute Gasteiger partial charge is 0.507 e. The number of phenols is 1. The molecule has 8 rings (SSSR count). The fourth-order valence-electron chi connectivity index (χ4n) is 7.44. The minimum Gasteiger partial charge on any atom is -0.507 e. The SMILES string of the molecule is [2H]C(C)(C)c1ccc(-n2c(-c3cc(C)cc(C)c3O)nc3c(-c4[c-]c(-c5cc(-c6ccccc6)ccn5)cc(C(C)(C)C)c4)cccc32)c(-c2ccccc2)c1.[Pt]. The van der Waals surface area contributed by atoms with Gasteiger partial charge in [-0.2, -0.15) is 0 Å². The number of aromatic nitrogens is 3. The van der Waals surface area contributed by atoms with E-state index in [1.165, 1.54) is 0 Å². The van der Waals surface area contributed by atoms with Crippen LogP contribution >= 0.6 is 0 Å². The van der Waals surface area contributed by atoms with Gasteiger partial charge in [0, 0.05) is 39.9 Å². The summed E-state index contributed by atoms with van der Waals surface area (Å²) >= 11 is 0. The van der Waals surface area contributed by atoms with Gasteiger partial charge in [-0.15, -0.1) is 29.3 Å². The average Bonchev–Trinajstić information content (AvgIpc) is 3.58. The first-order chi connectivity index (χ1) is 26.8. The number of hydrogen-bond donors (Lipinski definition) is 1. The number of hydrogen-bond acceptors (Lipinski definition) is 3. The van der Waals surface area contributed by atoms with Crippen LogP contribution in [0.4, 0.5) is 0 Å². The van der Waals surface area contributed by atoms with E-state index in [0.29, 0.717) is 11.4 Å². The molecule has 0 bridgehead atoms. The second-order valence-corrected chi connectivity index (χ2v) is 15.8. The molecule has 0 atom stereocenters. The number of nitrogens with zero attached hydrogens (tertiary/aromatic N) is 3. The van der Waals surface area contributed by atoms with Gasteiger partial charge in [0.05, 0.1) is 22.3 Å². The van der Waals surface area contributed by atoms with Crippen molar-refractivity contribution in [2.45, 2.75) is 59.8 Å². The molecule has 0 aliphatic heterocycles. The van der Waals surface area contributed by atoms with Gasteiger partial charge in [-0.1, -0.05) is 137 Å². The normalized spacial score (nSPS) is 12.0. The molecule has 0 saturated carbocycles. The van der Waals surface area contributed by atoms with Crippen LogP contribution in [0.5, 0.6) is 5.75 Å². The van der Waals surface area contributed by atoms with E-state index in [4.69, 9.17) is 11.3 Å². The molecular formula is C51H46N3OPt-. The zero-order chi connectivity index (χ0) is 39.4. The first-order valence-electron chi connectivity index (χ1n) is 19.4. The number of rotatable bonds is 7. The summed E-state index contributed by atoms with van der Waals surface area (Å²) < 4.78 is 11.1. The van der Waals surface area contributed by atoms with Gasteiger partial charge in [-0.05, 0) is 88.9 Å². The van der Waals surface area contributed by atoms with E-state index >= 15 is 0 Å². The van der Waals surface area contributed by atoms with Crippen LogP contribution in [-0.2, 0) is 26.5 Å². The zero-order valence-electron chi connectivity index (χ0n) is 33.9. The Kier molecular flexibility index (Phi) is 10.4. The predicted molar refractivity (Wildman–Crippen MR) is 229 cm³/mol. The van der Waals surface area contributed by atoms with Crippen LogP contribution in [0.1, 0.15) is 64.1 Å². The first kappa shape index (κ1) is 37.4. The summed E-state index contributed by atoms with van der Waals surface area (Å²) in [5.41, 5.74) is 14.8. The van der Waals surface area contributed by atoms with Gasteiger partial charge < -0.3 is 5.11 Å². The van der Waals surface area contributed by atoms with Crippen LogP contribution in [-0.4, -0.2) is 19.6 Å². The molecule has 0 unspecified atom stereocenters. The molecule has 0 aliphatic carbocycles.